The molecular formula is C14H17N3O2. The maximum Gasteiger partial charge on any atom is 0.300 e. The van der Waals surface area contributed by atoms with Crippen LogP contribution in [0.5, 0.6) is 6.01 Å². The van der Waals surface area contributed by atoms with E-state index in [2.05, 4.69) is 10.3 Å². The molecule has 0 radical (unpaired) electrons. The molecule has 5 nitrogen and oxygen atoms in total. The number of para-hydroxylation sites is 1. The third kappa shape index (κ3) is 2.33. The van der Waals surface area contributed by atoms with Gasteiger partial charge in [0.1, 0.15) is 6.10 Å². The molecule has 1 aliphatic rings. The number of ether oxygens (including phenoxy) is 1. The Morgan fingerprint density at radius 2 is 2.05 bits per heavy atom. The number of hydrogen-bond donors (Lipinski definition) is 1. The zero-order valence-electron chi connectivity index (χ0n) is 10.9. The van der Waals surface area contributed by atoms with Gasteiger partial charge in [-0.1, -0.05) is 12.1 Å². The largest absolute Gasteiger partial charge is 0.461 e. The van der Waals surface area contributed by atoms with Crippen molar-refractivity contribution in [2.75, 3.05) is 13.1 Å². The van der Waals surface area contributed by atoms with Gasteiger partial charge in [-0.2, -0.15) is 4.98 Å². The lowest BCUT2D eigenvalue weighted by atomic mass is 10.1. The molecular weight excluding hydrogens is 242 g/mol. The van der Waals surface area contributed by atoms with E-state index in [4.69, 9.17) is 4.74 Å². The number of aryl methyl sites for hydroxylation is 1. The van der Waals surface area contributed by atoms with Crippen LogP contribution in [0.15, 0.2) is 29.1 Å². The van der Waals surface area contributed by atoms with Gasteiger partial charge >= 0.3 is 0 Å². The number of aromatic nitrogens is 2. The molecule has 1 saturated heterocycles. The van der Waals surface area contributed by atoms with Crippen molar-refractivity contribution >= 4 is 10.9 Å². The fraction of sp³-hybridized carbons (Fsp3) is 0.429. The predicted molar refractivity (Wildman–Crippen MR) is 73.5 cm³/mol. The van der Waals surface area contributed by atoms with Crippen molar-refractivity contribution in [2.24, 2.45) is 7.05 Å². The molecule has 0 saturated carbocycles. The second-order valence-corrected chi connectivity index (χ2v) is 4.84. The number of benzene rings is 1. The molecule has 3 rings (SSSR count). The Bertz CT molecular complexity index is 645. The van der Waals surface area contributed by atoms with E-state index in [1.807, 2.05) is 29.8 Å². The standard InChI is InChI=1S/C14H17N3O2/c1-17-12-5-3-2-4-11(12)13(18)16-14(17)19-10-6-8-15-9-7-10/h2-5,10,15H,6-9H2,1H3. The Balaban J connectivity index is 1.99. The zero-order valence-corrected chi connectivity index (χ0v) is 10.9. The summed E-state index contributed by atoms with van der Waals surface area (Å²) in [7, 11) is 1.88. The monoisotopic (exact) mass is 259 g/mol. The highest BCUT2D eigenvalue weighted by Crippen LogP contribution is 2.17. The first-order chi connectivity index (χ1) is 9.25. The predicted octanol–water partition coefficient (Wildman–Crippen LogP) is 1.06. The second-order valence-electron chi connectivity index (χ2n) is 4.84. The lowest BCUT2D eigenvalue weighted by Gasteiger charge is -2.24. The van der Waals surface area contributed by atoms with E-state index in [0.717, 1.165) is 31.4 Å². The molecule has 0 amide bonds. The zero-order chi connectivity index (χ0) is 13.2. The van der Waals surface area contributed by atoms with Gasteiger partial charge in [0.2, 0.25) is 0 Å². The SMILES string of the molecule is Cn1c(OC2CCNCC2)nc(=O)c2ccccc21. The van der Waals surface area contributed by atoms with Gasteiger partial charge in [0.25, 0.3) is 11.6 Å². The van der Waals surface area contributed by atoms with Crippen LogP contribution in [0, 0.1) is 0 Å². The van der Waals surface area contributed by atoms with Crippen LogP contribution in [0.2, 0.25) is 0 Å². The Kier molecular flexibility index (Phi) is 3.21. The molecule has 1 aliphatic heterocycles. The number of rotatable bonds is 2. The van der Waals surface area contributed by atoms with E-state index < -0.39 is 0 Å². The minimum atomic E-state index is -0.224. The highest BCUT2D eigenvalue weighted by Gasteiger charge is 2.17. The first kappa shape index (κ1) is 12.2. The lowest BCUT2D eigenvalue weighted by Crippen LogP contribution is -2.35. The molecule has 1 aromatic carbocycles. The number of piperidine rings is 1. The van der Waals surface area contributed by atoms with Crippen LogP contribution < -0.4 is 15.6 Å². The smallest absolute Gasteiger partial charge is 0.300 e. The molecule has 0 spiro atoms. The first-order valence-corrected chi connectivity index (χ1v) is 6.59. The molecule has 0 atom stereocenters. The third-order valence-corrected chi connectivity index (χ3v) is 3.54. The molecule has 2 heterocycles. The maximum atomic E-state index is 12.0. The Hall–Kier alpha value is -1.88. The Labute approximate surface area is 111 Å². The Morgan fingerprint density at radius 1 is 1.32 bits per heavy atom. The van der Waals surface area contributed by atoms with Crippen molar-refractivity contribution in [1.29, 1.82) is 0 Å². The minimum Gasteiger partial charge on any atom is -0.461 e. The summed E-state index contributed by atoms with van der Waals surface area (Å²) in [4.78, 5) is 16.0. The van der Waals surface area contributed by atoms with Crippen molar-refractivity contribution < 1.29 is 4.74 Å². The van der Waals surface area contributed by atoms with Crippen molar-refractivity contribution in [3.05, 3.63) is 34.6 Å². The molecule has 100 valence electrons. The van der Waals surface area contributed by atoms with Gasteiger partial charge in [0, 0.05) is 7.05 Å². The van der Waals surface area contributed by atoms with E-state index in [0.29, 0.717) is 11.4 Å². The molecule has 0 aliphatic carbocycles. The second kappa shape index (κ2) is 5.01. The van der Waals surface area contributed by atoms with Crippen molar-refractivity contribution in [1.82, 2.24) is 14.9 Å². The maximum absolute atomic E-state index is 12.0. The molecule has 19 heavy (non-hydrogen) atoms. The molecule has 0 unspecified atom stereocenters. The minimum absolute atomic E-state index is 0.139. The molecule has 1 N–H and O–H groups in total. The van der Waals surface area contributed by atoms with Crippen LogP contribution in [0.4, 0.5) is 0 Å². The molecule has 2 aromatic rings. The summed E-state index contributed by atoms with van der Waals surface area (Å²) < 4.78 is 7.73. The number of fused-ring (bicyclic) bond motifs is 1. The summed E-state index contributed by atoms with van der Waals surface area (Å²) in [6.07, 6.45) is 2.03. The van der Waals surface area contributed by atoms with Gasteiger partial charge in [-0.05, 0) is 38.1 Å². The van der Waals surface area contributed by atoms with E-state index >= 15 is 0 Å². The fourth-order valence-corrected chi connectivity index (χ4v) is 2.44. The van der Waals surface area contributed by atoms with Gasteiger partial charge in [0.05, 0.1) is 10.9 Å². The van der Waals surface area contributed by atoms with E-state index in [9.17, 15) is 4.79 Å². The Morgan fingerprint density at radius 3 is 2.84 bits per heavy atom. The first-order valence-electron chi connectivity index (χ1n) is 6.59. The summed E-state index contributed by atoms with van der Waals surface area (Å²) in [5.74, 6) is 0. The normalized spacial score (nSPS) is 16.7. The molecule has 5 heteroatoms. The van der Waals surface area contributed by atoms with Crippen molar-refractivity contribution in [3.63, 3.8) is 0 Å². The van der Waals surface area contributed by atoms with Gasteiger partial charge in [-0.25, -0.2) is 0 Å². The van der Waals surface area contributed by atoms with Crippen LogP contribution in [-0.2, 0) is 7.05 Å². The van der Waals surface area contributed by atoms with Gasteiger partial charge in [-0.15, -0.1) is 0 Å². The van der Waals surface area contributed by atoms with Crippen LogP contribution in [0.25, 0.3) is 10.9 Å². The molecule has 0 bridgehead atoms. The van der Waals surface area contributed by atoms with E-state index in [1.165, 1.54) is 0 Å². The third-order valence-electron chi connectivity index (χ3n) is 3.54. The lowest BCUT2D eigenvalue weighted by molar-refractivity contribution is 0.143. The summed E-state index contributed by atoms with van der Waals surface area (Å²) in [5, 5.41) is 3.91. The fourth-order valence-electron chi connectivity index (χ4n) is 2.44. The number of hydrogen-bond acceptors (Lipinski definition) is 4. The summed E-state index contributed by atoms with van der Waals surface area (Å²) in [5.41, 5.74) is 0.629. The van der Waals surface area contributed by atoms with Crippen molar-refractivity contribution in [3.8, 4) is 6.01 Å². The summed E-state index contributed by atoms with van der Waals surface area (Å²) in [6.45, 7) is 1.90. The van der Waals surface area contributed by atoms with Gasteiger partial charge in [0.15, 0.2) is 0 Å². The average Bonchev–Trinajstić information content (AvgIpc) is 2.46. The molecule has 1 fully saturated rings. The number of nitrogens with zero attached hydrogens (tertiary/aromatic N) is 2. The van der Waals surface area contributed by atoms with Crippen LogP contribution in [-0.4, -0.2) is 28.7 Å². The van der Waals surface area contributed by atoms with Crippen LogP contribution >= 0.6 is 0 Å². The van der Waals surface area contributed by atoms with Crippen molar-refractivity contribution in [2.45, 2.75) is 18.9 Å². The average molecular weight is 259 g/mol. The van der Waals surface area contributed by atoms with Gasteiger partial charge < -0.3 is 10.1 Å². The highest BCUT2D eigenvalue weighted by atomic mass is 16.5. The number of nitrogens with one attached hydrogen (secondary N) is 1. The van der Waals surface area contributed by atoms with E-state index in [1.54, 1.807) is 6.07 Å². The molecule has 1 aromatic heterocycles. The van der Waals surface area contributed by atoms with Crippen LogP contribution in [0.3, 0.4) is 0 Å². The topological polar surface area (TPSA) is 56.1 Å². The highest BCUT2D eigenvalue weighted by molar-refractivity contribution is 5.78. The summed E-state index contributed by atoms with van der Waals surface area (Å²) >= 11 is 0. The van der Waals surface area contributed by atoms with Crippen LogP contribution in [0.1, 0.15) is 12.8 Å². The van der Waals surface area contributed by atoms with E-state index in [-0.39, 0.29) is 11.7 Å². The quantitative estimate of drug-likeness (QED) is 0.876. The van der Waals surface area contributed by atoms with Gasteiger partial charge in [-0.3, -0.25) is 9.36 Å². The summed E-state index contributed by atoms with van der Waals surface area (Å²) in [6, 6.07) is 7.87.